The van der Waals surface area contributed by atoms with Crippen LogP contribution in [-0.4, -0.2) is 45.1 Å². The normalized spacial score (nSPS) is 13.4. The third kappa shape index (κ3) is 7.09. The fourth-order valence-electron chi connectivity index (χ4n) is 5.06. The highest BCUT2D eigenvalue weighted by Gasteiger charge is 2.31. The molecule has 1 aliphatic heterocycles. The van der Waals surface area contributed by atoms with E-state index >= 15 is 0 Å². The molecule has 1 aliphatic rings. The summed E-state index contributed by atoms with van der Waals surface area (Å²) in [6.45, 7) is 2.96. The zero-order valence-corrected chi connectivity index (χ0v) is 23.5. The predicted molar refractivity (Wildman–Crippen MR) is 161 cm³/mol. The van der Waals surface area contributed by atoms with Crippen LogP contribution in [0, 0.1) is 0 Å². The summed E-state index contributed by atoms with van der Waals surface area (Å²) in [6.07, 6.45) is -4.57. The number of ether oxygens (including phenoxy) is 1. The van der Waals surface area contributed by atoms with E-state index in [1.165, 1.54) is 12.1 Å². The van der Waals surface area contributed by atoms with E-state index in [1.807, 2.05) is 54.6 Å². The number of para-hydroxylation sites is 2. The summed E-state index contributed by atoms with van der Waals surface area (Å²) >= 11 is 0. The lowest BCUT2D eigenvalue weighted by Gasteiger charge is -2.38. The highest BCUT2D eigenvalue weighted by Crippen LogP contribution is 2.32. The number of halogens is 3. The fraction of sp³-hybridized carbons (Fsp3) is 0.212. The van der Waals surface area contributed by atoms with E-state index in [0.717, 1.165) is 29.1 Å². The molecular formula is C33H31F3N4O3. The lowest BCUT2D eigenvalue weighted by atomic mass is 10.1. The van der Waals surface area contributed by atoms with Gasteiger partial charge in [0.15, 0.2) is 0 Å². The number of anilines is 3. The minimum Gasteiger partial charge on any atom is -0.495 e. The van der Waals surface area contributed by atoms with E-state index in [0.29, 0.717) is 49.7 Å². The van der Waals surface area contributed by atoms with Crippen LogP contribution in [0.25, 0.3) is 0 Å². The molecule has 1 fully saturated rings. The molecule has 2 amide bonds. The standard InChI is InChI=1S/C33H31F3N4O3/c1-43-30-13-6-5-12-29(30)40-18-16-39(17-19-40)28-15-14-26(21-27(28)32(42)37-22-23-8-3-2-4-9-23)38-31(41)24-10-7-11-25(20-24)33(34,35)36/h2-15,20-21H,16-19,22H2,1H3,(H,37,42)(H,38,41). The largest absolute Gasteiger partial charge is 0.495 e. The van der Waals surface area contributed by atoms with E-state index in [1.54, 1.807) is 25.3 Å². The summed E-state index contributed by atoms with van der Waals surface area (Å²) in [4.78, 5) is 30.7. The van der Waals surface area contributed by atoms with Crippen LogP contribution >= 0.6 is 0 Å². The summed E-state index contributed by atoms with van der Waals surface area (Å²) in [7, 11) is 1.64. The molecule has 0 aromatic heterocycles. The van der Waals surface area contributed by atoms with Crippen molar-refractivity contribution in [2.24, 2.45) is 0 Å². The second-order valence-corrected chi connectivity index (χ2v) is 10.1. The molecule has 4 aromatic rings. The third-order valence-electron chi connectivity index (χ3n) is 7.29. The molecular weight excluding hydrogens is 557 g/mol. The molecule has 7 nitrogen and oxygen atoms in total. The Hall–Kier alpha value is -4.99. The van der Waals surface area contributed by atoms with E-state index in [9.17, 15) is 22.8 Å². The Morgan fingerprint density at radius 2 is 1.44 bits per heavy atom. The first-order valence-corrected chi connectivity index (χ1v) is 13.8. The van der Waals surface area contributed by atoms with Crippen LogP contribution in [0.5, 0.6) is 5.75 Å². The van der Waals surface area contributed by atoms with Gasteiger partial charge in [-0.25, -0.2) is 0 Å². The summed E-state index contributed by atoms with van der Waals surface area (Å²) in [5, 5.41) is 5.60. The number of hydrogen-bond acceptors (Lipinski definition) is 5. The monoisotopic (exact) mass is 588 g/mol. The van der Waals surface area contributed by atoms with Gasteiger partial charge in [0.1, 0.15) is 5.75 Å². The summed E-state index contributed by atoms with van der Waals surface area (Å²) in [5.74, 6) is -0.251. The number of carbonyl (C=O) groups excluding carboxylic acids is 2. The van der Waals surface area contributed by atoms with Crippen LogP contribution in [0.2, 0.25) is 0 Å². The molecule has 0 bridgehead atoms. The van der Waals surface area contributed by atoms with Crippen LogP contribution in [0.15, 0.2) is 97.1 Å². The molecule has 1 heterocycles. The number of rotatable bonds is 8. The summed E-state index contributed by atoms with van der Waals surface area (Å²) < 4.78 is 45.1. The van der Waals surface area contributed by atoms with Gasteiger partial charge in [-0.15, -0.1) is 0 Å². The topological polar surface area (TPSA) is 73.9 Å². The molecule has 2 N–H and O–H groups in total. The van der Waals surface area contributed by atoms with Crippen molar-refractivity contribution in [2.45, 2.75) is 12.7 Å². The van der Waals surface area contributed by atoms with Crippen LogP contribution in [0.1, 0.15) is 31.8 Å². The molecule has 222 valence electrons. The minimum atomic E-state index is -4.57. The van der Waals surface area contributed by atoms with Gasteiger partial charge in [-0.2, -0.15) is 13.2 Å². The van der Waals surface area contributed by atoms with Crippen molar-refractivity contribution in [3.63, 3.8) is 0 Å². The Morgan fingerprint density at radius 3 is 2.14 bits per heavy atom. The maximum atomic E-state index is 13.5. The Bertz CT molecular complexity index is 1590. The Labute approximate surface area is 247 Å². The molecule has 0 saturated carbocycles. The van der Waals surface area contributed by atoms with Gasteiger partial charge >= 0.3 is 6.18 Å². The Kier molecular flexibility index (Phi) is 8.85. The van der Waals surface area contributed by atoms with E-state index in [-0.39, 0.29) is 11.5 Å². The first-order chi connectivity index (χ1) is 20.7. The molecule has 10 heteroatoms. The molecule has 0 atom stereocenters. The molecule has 0 aliphatic carbocycles. The van der Waals surface area contributed by atoms with Gasteiger partial charge < -0.3 is 25.2 Å². The number of piperazine rings is 1. The second kappa shape index (κ2) is 12.9. The number of nitrogens with one attached hydrogen (secondary N) is 2. The number of methoxy groups -OCH3 is 1. The van der Waals surface area contributed by atoms with Gasteiger partial charge in [0, 0.05) is 49.7 Å². The maximum absolute atomic E-state index is 13.5. The van der Waals surface area contributed by atoms with E-state index < -0.39 is 17.6 Å². The fourth-order valence-corrected chi connectivity index (χ4v) is 5.06. The average molecular weight is 589 g/mol. The van der Waals surface area contributed by atoms with Crippen molar-refractivity contribution in [1.82, 2.24) is 5.32 Å². The van der Waals surface area contributed by atoms with Gasteiger partial charge in [-0.3, -0.25) is 9.59 Å². The first-order valence-electron chi connectivity index (χ1n) is 13.8. The highest BCUT2D eigenvalue weighted by molar-refractivity contribution is 6.06. The van der Waals surface area contributed by atoms with Crippen molar-refractivity contribution >= 4 is 28.9 Å². The molecule has 43 heavy (non-hydrogen) atoms. The molecule has 5 rings (SSSR count). The number of alkyl halides is 3. The highest BCUT2D eigenvalue weighted by atomic mass is 19.4. The third-order valence-corrected chi connectivity index (χ3v) is 7.29. The summed E-state index contributed by atoms with van der Waals surface area (Å²) in [5.41, 5.74) is 2.22. The van der Waals surface area contributed by atoms with E-state index in [2.05, 4.69) is 20.4 Å². The smallest absolute Gasteiger partial charge is 0.416 e. The van der Waals surface area contributed by atoms with Crippen molar-refractivity contribution in [1.29, 1.82) is 0 Å². The molecule has 0 spiro atoms. The maximum Gasteiger partial charge on any atom is 0.416 e. The molecule has 4 aromatic carbocycles. The first kappa shape index (κ1) is 29.5. The van der Waals surface area contributed by atoms with Gasteiger partial charge in [0.05, 0.1) is 23.9 Å². The van der Waals surface area contributed by atoms with Crippen LogP contribution in [0.3, 0.4) is 0 Å². The molecule has 0 unspecified atom stereocenters. The van der Waals surface area contributed by atoms with Crippen molar-refractivity contribution in [3.05, 3.63) is 119 Å². The number of amides is 2. The number of benzene rings is 4. The quantitative estimate of drug-likeness (QED) is 0.256. The van der Waals surface area contributed by atoms with Crippen molar-refractivity contribution < 1.29 is 27.5 Å². The van der Waals surface area contributed by atoms with Crippen LogP contribution in [0.4, 0.5) is 30.2 Å². The van der Waals surface area contributed by atoms with Gasteiger partial charge in [0.2, 0.25) is 0 Å². The van der Waals surface area contributed by atoms with Crippen LogP contribution in [-0.2, 0) is 12.7 Å². The minimum absolute atomic E-state index is 0.138. The van der Waals surface area contributed by atoms with E-state index in [4.69, 9.17) is 4.74 Å². The van der Waals surface area contributed by atoms with Gasteiger partial charge in [-0.05, 0) is 54.1 Å². The number of hydrogen-bond donors (Lipinski definition) is 2. The van der Waals surface area contributed by atoms with Crippen molar-refractivity contribution in [2.75, 3.05) is 48.4 Å². The lowest BCUT2D eigenvalue weighted by Crippen LogP contribution is -2.47. The van der Waals surface area contributed by atoms with Gasteiger partial charge in [-0.1, -0.05) is 48.5 Å². The lowest BCUT2D eigenvalue weighted by molar-refractivity contribution is -0.137. The van der Waals surface area contributed by atoms with Crippen LogP contribution < -0.4 is 25.2 Å². The SMILES string of the molecule is COc1ccccc1N1CCN(c2ccc(NC(=O)c3cccc(C(F)(F)F)c3)cc2C(=O)NCc2ccccc2)CC1. The zero-order chi connectivity index (χ0) is 30.4. The predicted octanol–water partition coefficient (Wildman–Crippen LogP) is 6.22. The number of carbonyl (C=O) groups is 2. The second-order valence-electron chi connectivity index (χ2n) is 10.1. The average Bonchev–Trinajstić information content (AvgIpc) is 3.04. The summed E-state index contributed by atoms with van der Waals surface area (Å²) in [6, 6.07) is 26.5. The van der Waals surface area contributed by atoms with Gasteiger partial charge in [0.25, 0.3) is 11.8 Å². The molecule has 1 saturated heterocycles. The number of nitrogens with zero attached hydrogens (tertiary/aromatic N) is 2. The van der Waals surface area contributed by atoms with Crippen molar-refractivity contribution in [3.8, 4) is 5.75 Å². The molecule has 0 radical (unpaired) electrons. The zero-order valence-electron chi connectivity index (χ0n) is 23.5. The Balaban J connectivity index is 1.37. The Morgan fingerprint density at radius 1 is 0.767 bits per heavy atom.